The van der Waals surface area contributed by atoms with Crippen LogP contribution in [-0.2, 0) is 6.42 Å². The summed E-state index contributed by atoms with van der Waals surface area (Å²) in [6, 6.07) is 2.16. The molecule has 13 heavy (non-hydrogen) atoms. The zero-order chi connectivity index (χ0) is 9.26. The highest BCUT2D eigenvalue weighted by atomic mass is 127. The molecule has 0 aliphatic heterocycles. The van der Waals surface area contributed by atoms with Crippen LogP contribution < -0.4 is 0 Å². The summed E-state index contributed by atoms with van der Waals surface area (Å²) in [5, 5.41) is 0. The average molecular weight is 350 g/mol. The van der Waals surface area contributed by atoms with E-state index in [0.717, 1.165) is 10.9 Å². The first-order valence-electron chi connectivity index (χ1n) is 4.28. The standard InChI is InChI=1S/C10H9BrIN/c11-7-5-8-9(12)3-1-2-4-10(8)13-6-7/h3,5-6H,1-2,4H2. The van der Waals surface area contributed by atoms with E-state index in [-0.39, 0.29) is 0 Å². The van der Waals surface area contributed by atoms with Crippen LogP contribution in [0.15, 0.2) is 22.8 Å². The molecule has 1 aliphatic rings. The third-order valence-corrected chi connectivity index (χ3v) is 3.59. The third-order valence-electron chi connectivity index (χ3n) is 2.14. The van der Waals surface area contributed by atoms with E-state index in [1.165, 1.54) is 27.7 Å². The lowest BCUT2D eigenvalue weighted by molar-refractivity contribution is 0.825. The molecule has 3 heteroatoms. The first-order valence-corrected chi connectivity index (χ1v) is 6.15. The maximum Gasteiger partial charge on any atom is 0.0487 e. The van der Waals surface area contributed by atoms with Gasteiger partial charge in [-0.15, -0.1) is 0 Å². The van der Waals surface area contributed by atoms with Crippen molar-refractivity contribution in [2.45, 2.75) is 19.3 Å². The van der Waals surface area contributed by atoms with Crippen molar-refractivity contribution in [1.29, 1.82) is 0 Å². The van der Waals surface area contributed by atoms with Crippen LogP contribution in [0.2, 0.25) is 0 Å². The average Bonchev–Trinajstić information content (AvgIpc) is 2.29. The lowest BCUT2D eigenvalue weighted by Crippen LogP contribution is -1.93. The second-order valence-corrected chi connectivity index (χ2v) is 5.17. The molecule has 2 rings (SSSR count). The van der Waals surface area contributed by atoms with Gasteiger partial charge < -0.3 is 0 Å². The van der Waals surface area contributed by atoms with E-state index in [4.69, 9.17) is 0 Å². The number of fused-ring (bicyclic) bond motifs is 1. The number of pyridine rings is 1. The number of halogens is 2. The number of rotatable bonds is 0. The molecule has 1 heterocycles. The van der Waals surface area contributed by atoms with Gasteiger partial charge >= 0.3 is 0 Å². The molecule has 0 fully saturated rings. The summed E-state index contributed by atoms with van der Waals surface area (Å²) < 4.78 is 2.40. The van der Waals surface area contributed by atoms with Gasteiger partial charge in [-0.2, -0.15) is 0 Å². The van der Waals surface area contributed by atoms with Crippen LogP contribution in [0.1, 0.15) is 24.1 Å². The van der Waals surface area contributed by atoms with E-state index in [1.54, 1.807) is 0 Å². The van der Waals surface area contributed by atoms with Crippen LogP contribution >= 0.6 is 38.5 Å². The molecule has 0 atom stereocenters. The Morgan fingerprint density at radius 1 is 1.46 bits per heavy atom. The van der Waals surface area contributed by atoms with Gasteiger partial charge in [-0.05, 0) is 63.8 Å². The molecule has 0 unspecified atom stereocenters. The Balaban J connectivity index is 2.54. The molecule has 0 radical (unpaired) electrons. The fourth-order valence-electron chi connectivity index (χ4n) is 1.48. The van der Waals surface area contributed by atoms with Gasteiger partial charge in [0.2, 0.25) is 0 Å². The molecular weight excluding hydrogens is 341 g/mol. The van der Waals surface area contributed by atoms with E-state index < -0.39 is 0 Å². The monoisotopic (exact) mass is 349 g/mol. The lowest BCUT2D eigenvalue weighted by Gasteiger charge is -2.04. The number of aryl methyl sites for hydroxylation is 1. The molecular formula is C10H9BrIN. The van der Waals surface area contributed by atoms with Crippen LogP contribution in [-0.4, -0.2) is 4.98 Å². The van der Waals surface area contributed by atoms with Crippen molar-refractivity contribution in [3.63, 3.8) is 0 Å². The molecule has 0 bridgehead atoms. The van der Waals surface area contributed by atoms with Crippen molar-refractivity contribution in [1.82, 2.24) is 4.98 Å². The van der Waals surface area contributed by atoms with Crippen LogP contribution in [0.25, 0.3) is 3.58 Å². The van der Waals surface area contributed by atoms with E-state index in [0.29, 0.717) is 0 Å². The van der Waals surface area contributed by atoms with Crippen LogP contribution in [0.3, 0.4) is 0 Å². The van der Waals surface area contributed by atoms with E-state index in [9.17, 15) is 0 Å². The quantitative estimate of drug-likeness (QED) is 0.646. The highest BCUT2D eigenvalue weighted by molar-refractivity contribution is 14.1. The SMILES string of the molecule is Brc1cnc2c(c1)C(I)=CCCC2. The minimum Gasteiger partial charge on any atom is -0.259 e. The number of nitrogens with zero attached hydrogens (tertiary/aromatic N) is 1. The Morgan fingerprint density at radius 3 is 3.15 bits per heavy atom. The molecule has 0 N–H and O–H groups in total. The second-order valence-electron chi connectivity index (χ2n) is 3.09. The van der Waals surface area contributed by atoms with Crippen molar-refractivity contribution in [2.24, 2.45) is 0 Å². The normalized spacial score (nSPS) is 16.0. The topological polar surface area (TPSA) is 12.9 Å². The Kier molecular flexibility index (Phi) is 3.03. The summed E-state index contributed by atoms with van der Waals surface area (Å²) in [4.78, 5) is 4.44. The molecule has 68 valence electrons. The molecule has 0 saturated carbocycles. The van der Waals surface area contributed by atoms with Gasteiger partial charge in [-0.1, -0.05) is 6.08 Å². The van der Waals surface area contributed by atoms with Crippen LogP contribution in [0, 0.1) is 0 Å². The van der Waals surface area contributed by atoms with E-state index in [1.807, 2.05) is 6.20 Å². The Morgan fingerprint density at radius 2 is 2.31 bits per heavy atom. The van der Waals surface area contributed by atoms with Gasteiger partial charge in [-0.3, -0.25) is 4.98 Å². The number of hydrogen-bond donors (Lipinski definition) is 0. The zero-order valence-corrected chi connectivity index (χ0v) is 10.8. The Hall–Kier alpha value is 0.100. The van der Waals surface area contributed by atoms with Gasteiger partial charge in [0, 0.05) is 25.5 Å². The summed E-state index contributed by atoms with van der Waals surface area (Å²) in [5.74, 6) is 0. The van der Waals surface area contributed by atoms with Crippen LogP contribution in [0.4, 0.5) is 0 Å². The van der Waals surface area contributed by atoms with Gasteiger partial charge in [0.05, 0.1) is 0 Å². The van der Waals surface area contributed by atoms with Crippen molar-refractivity contribution >= 4 is 42.1 Å². The molecule has 1 aromatic rings. The van der Waals surface area contributed by atoms with Gasteiger partial charge in [0.15, 0.2) is 0 Å². The summed E-state index contributed by atoms with van der Waals surface area (Å²) in [6.07, 6.45) is 7.67. The van der Waals surface area contributed by atoms with Crippen molar-refractivity contribution in [2.75, 3.05) is 0 Å². The lowest BCUT2D eigenvalue weighted by atomic mass is 10.1. The van der Waals surface area contributed by atoms with Crippen LogP contribution in [0.5, 0.6) is 0 Å². The van der Waals surface area contributed by atoms with Gasteiger partial charge in [0.1, 0.15) is 0 Å². The minimum atomic E-state index is 1.07. The highest BCUT2D eigenvalue weighted by Crippen LogP contribution is 2.30. The minimum absolute atomic E-state index is 1.07. The van der Waals surface area contributed by atoms with Gasteiger partial charge in [0.25, 0.3) is 0 Å². The zero-order valence-electron chi connectivity index (χ0n) is 7.06. The largest absolute Gasteiger partial charge is 0.259 e. The summed E-state index contributed by atoms with van der Waals surface area (Å²) in [5.41, 5.74) is 2.54. The molecule has 0 spiro atoms. The van der Waals surface area contributed by atoms with E-state index >= 15 is 0 Å². The van der Waals surface area contributed by atoms with Crippen molar-refractivity contribution in [3.8, 4) is 0 Å². The second kappa shape index (κ2) is 4.09. The maximum absolute atomic E-state index is 4.44. The summed E-state index contributed by atoms with van der Waals surface area (Å²) >= 11 is 5.84. The first kappa shape index (κ1) is 9.65. The predicted octanol–water partition coefficient (Wildman–Crippen LogP) is 3.96. The first-order chi connectivity index (χ1) is 6.27. The fourth-order valence-corrected chi connectivity index (χ4v) is 2.59. The van der Waals surface area contributed by atoms with E-state index in [2.05, 4.69) is 55.6 Å². The smallest absolute Gasteiger partial charge is 0.0487 e. The molecule has 1 aromatic heterocycles. The number of aromatic nitrogens is 1. The predicted molar refractivity (Wildman–Crippen MR) is 66.9 cm³/mol. The molecule has 1 nitrogen and oxygen atoms in total. The highest BCUT2D eigenvalue weighted by Gasteiger charge is 2.10. The summed E-state index contributed by atoms with van der Waals surface area (Å²) in [7, 11) is 0. The Labute approximate surface area is 99.9 Å². The number of allylic oxidation sites excluding steroid dienone is 1. The van der Waals surface area contributed by atoms with Crippen molar-refractivity contribution < 1.29 is 0 Å². The molecule has 0 amide bonds. The molecule has 0 saturated heterocycles. The van der Waals surface area contributed by atoms with Gasteiger partial charge in [-0.25, -0.2) is 0 Å². The maximum atomic E-state index is 4.44. The molecule has 1 aliphatic carbocycles. The summed E-state index contributed by atoms with van der Waals surface area (Å²) in [6.45, 7) is 0. The Bertz CT molecular complexity index is 360. The fraction of sp³-hybridized carbons (Fsp3) is 0.300. The molecule has 0 aromatic carbocycles. The third kappa shape index (κ3) is 2.13. The number of hydrogen-bond acceptors (Lipinski definition) is 1. The van der Waals surface area contributed by atoms with Crippen molar-refractivity contribution in [3.05, 3.63) is 34.1 Å².